The van der Waals surface area contributed by atoms with Gasteiger partial charge in [-0.3, -0.25) is 4.79 Å². The third kappa shape index (κ3) is 5.04. The number of hydrogen-bond donors (Lipinski definition) is 2. The fourth-order valence-electron chi connectivity index (χ4n) is 3.17. The Morgan fingerprint density at radius 2 is 2.09 bits per heavy atom. The van der Waals surface area contributed by atoms with Crippen molar-refractivity contribution in [2.75, 3.05) is 33.2 Å². The summed E-state index contributed by atoms with van der Waals surface area (Å²) in [6.45, 7) is 3.81. The summed E-state index contributed by atoms with van der Waals surface area (Å²) in [4.78, 5) is 14.4. The SMILES string of the molecule is CN1CCCC1CNC(=O)c1cn(C2CCNCC2)nn1.Cl.Cl. The largest absolute Gasteiger partial charge is 0.349 e. The highest BCUT2D eigenvalue weighted by Gasteiger charge is 2.23. The number of likely N-dealkylation sites (tertiary alicyclic amines) is 1. The van der Waals surface area contributed by atoms with Gasteiger partial charge in [0.25, 0.3) is 5.91 Å². The number of carbonyl (C=O) groups excluding carboxylic acids is 1. The molecule has 3 rings (SSSR count). The van der Waals surface area contributed by atoms with Gasteiger partial charge in [0.1, 0.15) is 0 Å². The Labute approximate surface area is 149 Å². The molecule has 0 aliphatic carbocycles. The Balaban J connectivity index is 0.00000132. The van der Waals surface area contributed by atoms with Crippen molar-refractivity contribution in [1.29, 1.82) is 0 Å². The molecule has 1 amide bonds. The smallest absolute Gasteiger partial charge is 0.273 e. The minimum Gasteiger partial charge on any atom is -0.349 e. The molecule has 2 N–H and O–H groups in total. The number of piperidine rings is 1. The van der Waals surface area contributed by atoms with E-state index in [0.717, 1.165) is 38.9 Å². The fourth-order valence-corrected chi connectivity index (χ4v) is 3.17. The molecule has 132 valence electrons. The van der Waals surface area contributed by atoms with E-state index < -0.39 is 0 Å². The Bertz CT molecular complexity index is 491. The van der Waals surface area contributed by atoms with Crippen LogP contribution in [0.2, 0.25) is 0 Å². The van der Waals surface area contributed by atoms with Gasteiger partial charge in [0.15, 0.2) is 5.69 Å². The molecule has 2 aliphatic heterocycles. The Kier molecular flexibility index (Phi) is 8.25. The molecule has 0 radical (unpaired) electrons. The van der Waals surface area contributed by atoms with Gasteiger partial charge in [0, 0.05) is 12.6 Å². The average Bonchev–Trinajstić information content (AvgIpc) is 3.15. The molecule has 23 heavy (non-hydrogen) atoms. The molecule has 0 spiro atoms. The topological polar surface area (TPSA) is 75.1 Å². The van der Waals surface area contributed by atoms with Gasteiger partial charge in [-0.15, -0.1) is 29.9 Å². The number of halogens is 2. The molecule has 7 nitrogen and oxygen atoms in total. The molecule has 2 aliphatic rings. The molecule has 2 saturated heterocycles. The van der Waals surface area contributed by atoms with Crippen molar-refractivity contribution in [2.45, 2.75) is 37.8 Å². The van der Waals surface area contributed by atoms with Gasteiger partial charge in [0.05, 0.1) is 12.2 Å². The molecule has 9 heteroatoms. The fraction of sp³-hybridized carbons (Fsp3) is 0.786. The van der Waals surface area contributed by atoms with E-state index in [9.17, 15) is 4.79 Å². The van der Waals surface area contributed by atoms with Crippen molar-refractivity contribution in [2.24, 2.45) is 0 Å². The van der Waals surface area contributed by atoms with Crippen molar-refractivity contribution < 1.29 is 4.79 Å². The number of amides is 1. The van der Waals surface area contributed by atoms with Crippen molar-refractivity contribution >= 4 is 30.7 Å². The van der Waals surface area contributed by atoms with E-state index in [1.54, 1.807) is 6.20 Å². The second-order valence-electron chi connectivity index (χ2n) is 6.05. The summed E-state index contributed by atoms with van der Waals surface area (Å²) < 4.78 is 1.84. The maximum atomic E-state index is 12.1. The second-order valence-corrected chi connectivity index (χ2v) is 6.05. The van der Waals surface area contributed by atoms with Gasteiger partial charge in [0.2, 0.25) is 0 Å². The van der Waals surface area contributed by atoms with Crippen LogP contribution in [0.25, 0.3) is 0 Å². The first-order valence-electron chi connectivity index (χ1n) is 7.85. The first-order valence-corrected chi connectivity index (χ1v) is 7.85. The van der Waals surface area contributed by atoms with Crippen LogP contribution in [-0.2, 0) is 0 Å². The number of hydrogen-bond acceptors (Lipinski definition) is 5. The summed E-state index contributed by atoms with van der Waals surface area (Å²) in [5.74, 6) is -0.115. The molecule has 0 aromatic carbocycles. The highest BCUT2D eigenvalue weighted by atomic mass is 35.5. The predicted molar refractivity (Wildman–Crippen MR) is 93.6 cm³/mol. The van der Waals surface area contributed by atoms with Crippen LogP contribution in [0.3, 0.4) is 0 Å². The highest BCUT2D eigenvalue weighted by molar-refractivity contribution is 5.91. The second kappa shape index (κ2) is 9.42. The maximum absolute atomic E-state index is 12.1. The lowest BCUT2D eigenvalue weighted by Crippen LogP contribution is -2.38. The quantitative estimate of drug-likeness (QED) is 0.828. The minimum absolute atomic E-state index is 0. The summed E-state index contributed by atoms with van der Waals surface area (Å²) in [7, 11) is 2.11. The van der Waals surface area contributed by atoms with Gasteiger partial charge in [-0.05, 0) is 52.4 Å². The number of nitrogens with one attached hydrogen (secondary N) is 2. The minimum atomic E-state index is -0.115. The molecule has 1 aromatic rings. The average molecular weight is 365 g/mol. The number of likely N-dealkylation sites (N-methyl/N-ethyl adjacent to an activating group) is 1. The monoisotopic (exact) mass is 364 g/mol. The van der Waals surface area contributed by atoms with E-state index in [2.05, 4.69) is 32.9 Å². The van der Waals surface area contributed by atoms with Crippen LogP contribution in [0.15, 0.2) is 6.20 Å². The van der Waals surface area contributed by atoms with E-state index in [1.165, 1.54) is 6.42 Å². The van der Waals surface area contributed by atoms with Crippen LogP contribution in [0.1, 0.15) is 42.2 Å². The first-order chi connectivity index (χ1) is 10.2. The summed E-state index contributed by atoms with van der Waals surface area (Å²) in [6.07, 6.45) is 6.22. The summed E-state index contributed by atoms with van der Waals surface area (Å²) in [6, 6.07) is 0.815. The van der Waals surface area contributed by atoms with Crippen molar-refractivity contribution in [1.82, 2.24) is 30.5 Å². The highest BCUT2D eigenvalue weighted by Crippen LogP contribution is 2.17. The summed E-state index contributed by atoms with van der Waals surface area (Å²) >= 11 is 0. The molecule has 0 saturated carbocycles. The van der Waals surface area contributed by atoms with Crippen LogP contribution < -0.4 is 10.6 Å². The number of rotatable bonds is 4. The molecular formula is C14H26Cl2N6O. The van der Waals surface area contributed by atoms with E-state index in [0.29, 0.717) is 24.3 Å². The number of carbonyl (C=O) groups is 1. The lowest BCUT2D eigenvalue weighted by molar-refractivity contribution is 0.0938. The van der Waals surface area contributed by atoms with E-state index in [4.69, 9.17) is 0 Å². The molecule has 1 unspecified atom stereocenters. The van der Waals surface area contributed by atoms with Gasteiger partial charge in [-0.25, -0.2) is 4.68 Å². The van der Waals surface area contributed by atoms with Gasteiger partial charge < -0.3 is 15.5 Å². The maximum Gasteiger partial charge on any atom is 0.273 e. The normalized spacial score (nSPS) is 22.2. The predicted octanol–water partition coefficient (Wildman–Crippen LogP) is 0.870. The lowest BCUT2D eigenvalue weighted by atomic mass is 10.1. The number of nitrogens with zero attached hydrogens (tertiary/aromatic N) is 4. The van der Waals surface area contributed by atoms with Gasteiger partial charge >= 0.3 is 0 Å². The first kappa shape index (κ1) is 20.2. The molecule has 1 aromatic heterocycles. The third-order valence-corrected chi connectivity index (χ3v) is 4.60. The molecule has 0 bridgehead atoms. The van der Waals surface area contributed by atoms with E-state index in [-0.39, 0.29) is 30.7 Å². The Morgan fingerprint density at radius 1 is 1.35 bits per heavy atom. The molecule has 2 fully saturated rings. The molecule has 1 atom stereocenters. The van der Waals surface area contributed by atoms with E-state index >= 15 is 0 Å². The standard InChI is InChI=1S/C14H24N6O.2ClH/c1-19-8-2-3-12(19)9-16-14(21)13-10-20(18-17-13)11-4-6-15-7-5-11;;/h10-12,15H,2-9H2,1H3,(H,16,21);2*1H. The van der Waals surface area contributed by atoms with Crippen molar-refractivity contribution in [3.8, 4) is 0 Å². The lowest BCUT2D eigenvalue weighted by Gasteiger charge is -2.22. The van der Waals surface area contributed by atoms with Crippen LogP contribution in [0.4, 0.5) is 0 Å². The summed E-state index contributed by atoms with van der Waals surface area (Å²) in [5, 5.41) is 14.4. The zero-order valence-corrected chi connectivity index (χ0v) is 15.0. The number of aromatic nitrogens is 3. The van der Waals surface area contributed by atoms with Crippen LogP contribution in [0.5, 0.6) is 0 Å². The van der Waals surface area contributed by atoms with Crippen LogP contribution in [-0.4, -0.2) is 65.1 Å². The van der Waals surface area contributed by atoms with Crippen LogP contribution in [0, 0.1) is 0 Å². The molecular weight excluding hydrogens is 339 g/mol. The van der Waals surface area contributed by atoms with Crippen molar-refractivity contribution in [3.05, 3.63) is 11.9 Å². The third-order valence-electron chi connectivity index (χ3n) is 4.60. The zero-order chi connectivity index (χ0) is 14.7. The summed E-state index contributed by atoms with van der Waals surface area (Å²) in [5.41, 5.74) is 0.425. The van der Waals surface area contributed by atoms with Gasteiger partial charge in [-0.2, -0.15) is 0 Å². The van der Waals surface area contributed by atoms with E-state index in [1.807, 2.05) is 4.68 Å². The Morgan fingerprint density at radius 3 is 2.74 bits per heavy atom. The van der Waals surface area contributed by atoms with Crippen LogP contribution >= 0.6 is 24.8 Å². The zero-order valence-electron chi connectivity index (χ0n) is 13.4. The molecule has 3 heterocycles. The Hall–Kier alpha value is -0.890. The van der Waals surface area contributed by atoms with Gasteiger partial charge in [-0.1, -0.05) is 5.21 Å². The van der Waals surface area contributed by atoms with Crippen molar-refractivity contribution in [3.63, 3.8) is 0 Å².